The first-order valence-corrected chi connectivity index (χ1v) is 12.9. The number of fused-ring (bicyclic) bond motifs is 1. The third kappa shape index (κ3) is 5.98. The molecular formula is C28H35N5O4. The Kier molecular flexibility index (Phi) is 8.21. The van der Waals surface area contributed by atoms with Crippen LogP contribution in [0.4, 0.5) is 11.5 Å². The molecule has 0 spiro atoms. The van der Waals surface area contributed by atoms with Crippen molar-refractivity contribution >= 4 is 29.1 Å². The number of rotatable bonds is 6. The molecule has 0 aromatic carbocycles. The molecule has 1 amide bonds. The second-order valence-corrected chi connectivity index (χ2v) is 9.87. The molecule has 1 fully saturated rings. The Hall–Kier alpha value is -3.75. The maximum absolute atomic E-state index is 13.1. The molecule has 9 heteroatoms. The van der Waals surface area contributed by atoms with Crippen molar-refractivity contribution in [3.8, 4) is 5.75 Å². The number of carbonyl (C=O) groups excluding carboxylic acids is 3. The Morgan fingerprint density at radius 3 is 2.59 bits per heavy atom. The van der Waals surface area contributed by atoms with E-state index >= 15 is 0 Å². The molecular weight excluding hydrogens is 470 g/mol. The minimum absolute atomic E-state index is 0.0146. The van der Waals surface area contributed by atoms with Gasteiger partial charge in [-0.25, -0.2) is 4.98 Å². The Morgan fingerprint density at radius 1 is 1.14 bits per heavy atom. The van der Waals surface area contributed by atoms with Gasteiger partial charge in [0.05, 0.1) is 12.1 Å². The fraction of sp³-hybridized carbons (Fsp3) is 0.464. The zero-order chi connectivity index (χ0) is 26.5. The number of nitrogens with zero attached hydrogens (tertiary/aromatic N) is 5. The molecule has 2 aromatic rings. The lowest BCUT2D eigenvalue weighted by Gasteiger charge is -2.31. The number of ether oxygens (including phenoxy) is 1. The molecule has 196 valence electrons. The largest absolute Gasteiger partial charge is 0.488 e. The van der Waals surface area contributed by atoms with Gasteiger partial charge in [-0.05, 0) is 51.3 Å². The van der Waals surface area contributed by atoms with E-state index in [0.29, 0.717) is 35.8 Å². The third-order valence-electron chi connectivity index (χ3n) is 6.63. The number of aromatic nitrogens is 2. The van der Waals surface area contributed by atoms with Gasteiger partial charge in [0.1, 0.15) is 12.1 Å². The second-order valence-electron chi connectivity index (χ2n) is 9.87. The molecule has 0 aliphatic carbocycles. The van der Waals surface area contributed by atoms with Crippen molar-refractivity contribution < 1.29 is 19.1 Å². The minimum Gasteiger partial charge on any atom is -0.488 e. The van der Waals surface area contributed by atoms with E-state index in [1.807, 2.05) is 35.8 Å². The SMILES string of the molecule is CN=c1cc(N2CCOc3cc(C(=O)N4CCCCC4)cnc32)ccn1C(=O)C(C)CC(=O)C=C(C)C. The smallest absolute Gasteiger partial charge is 0.255 e. The first-order valence-electron chi connectivity index (χ1n) is 12.9. The number of pyridine rings is 2. The number of hydrogen-bond donors (Lipinski definition) is 0. The second kappa shape index (κ2) is 11.5. The van der Waals surface area contributed by atoms with E-state index in [4.69, 9.17) is 4.74 Å². The monoisotopic (exact) mass is 505 g/mol. The Labute approximate surface area is 217 Å². The van der Waals surface area contributed by atoms with Crippen LogP contribution in [0.2, 0.25) is 0 Å². The fourth-order valence-electron chi connectivity index (χ4n) is 4.76. The summed E-state index contributed by atoms with van der Waals surface area (Å²) in [5.41, 5.74) is 2.73. The fourth-order valence-corrected chi connectivity index (χ4v) is 4.76. The van der Waals surface area contributed by atoms with E-state index in [9.17, 15) is 14.4 Å². The van der Waals surface area contributed by atoms with Gasteiger partial charge in [-0.1, -0.05) is 12.5 Å². The van der Waals surface area contributed by atoms with Crippen molar-refractivity contribution in [2.24, 2.45) is 10.9 Å². The highest BCUT2D eigenvalue weighted by molar-refractivity contribution is 5.95. The van der Waals surface area contributed by atoms with Crippen LogP contribution < -0.4 is 15.1 Å². The molecule has 4 rings (SSSR count). The number of anilines is 2. The van der Waals surface area contributed by atoms with Crippen LogP contribution in [0.5, 0.6) is 5.75 Å². The summed E-state index contributed by atoms with van der Waals surface area (Å²) >= 11 is 0. The van der Waals surface area contributed by atoms with Gasteiger partial charge in [0.25, 0.3) is 5.91 Å². The molecule has 0 radical (unpaired) electrons. The van der Waals surface area contributed by atoms with Crippen molar-refractivity contribution in [1.29, 1.82) is 0 Å². The Balaban J connectivity index is 1.57. The summed E-state index contributed by atoms with van der Waals surface area (Å²) in [6, 6.07) is 5.43. The van der Waals surface area contributed by atoms with E-state index in [1.54, 1.807) is 38.5 Å². The van der Waals surface area contributed by atoms with Crippen molar-refractivity contribution in [2.75, 3.05) is 38.2 Å². The van der Waals surface area contributed by atoms with Crippen LogP contribution in [0.3, 0.4) is 0 Å². The lowest BCUT2D eigenvalue weighted by molar-refractivity contribution is -0.115. The molecule has 9 nitrogen and oxygen atoms in total. The van der Waals surface area contributed by atoms with Crippen molar-refractivity contribution in [2.45, 2.75) is 46.5 Å². The van der Waals surface area contributed by atoms with Crippen molar-refractivity contribution in [3.63, 3.8) is 0 Å². The number of likely N-dealkylation sites (tertiary alicyclic amines) is 1. The quantitative estimate of drug-likeness (QED) is 0.555. The zero-order valence-electron chi connectivity index (χ0n) is 22.1. The molecule has 0 saturated carbocycles. The van der Waals surface area contributed by atoms with Gasteiger partial charge < -0.3 is 14.5 Å². The van der Waals surface area contributed by atoms with Crippen LogP contribution in [-0.2, 0) is 4.79 Å². The lowest BCUT2D eigenvalue weighted by atomic mass is 10.0. The molecule has 2 aromatic heterocycles. The molecule has 2 aliphatic heterocycles. The first kappa shape index (κ1) is 26.3. The number of piperidine rings is 1. The highest BCUT2D eigenvalue weighted by Gasteiger charge is 2.26. The Morgan fingerprint density at radius 2 is 1.89 bits per heavy atom. The van der Waals surface area contributed by atoms with Crippen LogP contribution in [0.1, 0.15) is 61.6 Å². The number of ketones is 1. The molecule has 4 heterocycles. The van der Waals surface area contributed by atoms with Crippen molar-refractivity contribution in [1.82, 2.24) is 14.5 Å². The van der Waals surface area contributed by atoms with Crippen LogP contribution in [0.25, 0.3) is 0 Å². The average molecular weight is 506 g/mol. The van der Waals surface area contributed by atoms with E-state index < -0.39 is 5.92 Å². The topological polar surface area (TPSA) is 97.1 Å². The van der Waals surface area contributed by atoms with Gasteiger partial charge in [0.15, 0.2) is 17.4 Å². The summed E-state index contributed by atoms with van der Waals surface area (Å²) in [5, 5.41) is 0. The predicted octanol–water partition coefficient (Wildman–Crippen LogP) is 3.77. The molecule has 2 aliphatic rings. The summed E-state index contributed by atoms with van der Waals surface area (Å²) < 4.78 is 7.36. The summed E-state index contributed by atoms with van der Waals surface area (Å²) in [7, 11) is 1.63. The third-order valence-corrected chi connectivity index (χ3v) is 6.63. The predicted molar refractivity (Wildman–Crippen MR) is 141 cm³/mol. The van der Waals surface area contributed by atoms with Crippen molar-refractivity contribution in [3.05, 3.63) is 53.3 Å². The van der Waals surface area contributed by atoms with Crippen LogP contribution in [-0.4, -0.2) is 65.3 Å². The molecule has 37 heavy (non-hydrogen) atoms. The van der Waals surface area contributed by atoms with Gasteiger partial charge in [-0.15, -0.1) is 0 Å². The molecule has 0 bridgehead atoms. The van der Waals surface area contributed by atoms with Gasteiger partial charge in [0.2, 0.25) is 5.91 Å². The zero-order valence-corrected chi connectivity index (χ0v) is 22.1. The van der Waals surface area contributed by atoms with E-state index in [1.165, 1.54) is 4.57 Å². The van der Waals surface area contributed by atoms with Gasteiger partial charge in [0, 0.05) is 56.6 Å². The number of carbonyl (C=O) groups is 3. The van der Waals surface area contributed by atoms with E-state index in [2.05, 4.69) is 9.98 Å². The normalized spacial score (nSPS) is 16.5. The maximum Gasteiger partial charge on any atom is 0.255 e. The van der Waals surface area contributed by atoms with E-state index in [0.717, 1.165) is 43.6 Å². The highest BCUT2D eigenvalue weighted by atomic mass is 16.5. The van der Waals surface area contributed by atoms with Gasteiger partial charge >= 0.3 is 0 Å². The molecule has 1 unspecified atom stereocenters. The number of allylic oxidation sites excluding steroid dienone is 2. The summed E-state index contributed by atoms with van der Waals surface area (Å²) in [5.74, 6) is 0.420. The molecule has 0 N–H and O–H groups in total. The maximum atomic E-state index is 13.1. The highest BCUT2D eigenvalue weighted by Crippen LogP contribution is 2.35. The number of hydrogen-bond acceptors (Lipinski definition) is 7. The van der Waals surface area contributed by atoms with Crippen LogP contribution in [0, 0.1) is 5.92 Å². The molecule has 1 saturated heterocycles. The number of amides is 1. The van der Waals surface area contributed by atoms with Gasteiger partial charge in [-0.2, -0.15) is 0 Å². The van der Waals surface area contributed by atoms with Crippen LogP contribution in [0.15, 0.2) is 47.2 Å². The van der Waals surface area contributed by atoms with Gasteiger partial charge in [-0.3, -0.25) is 23.9 Å². The van der Waals surface area contributed by atoms with Crippen LogP contribution >= 0.6 is 0 Å². The lowest BCUT2D eigenvalue weighted by Crippen LogP contribution is -2.36. The first-order chi connectivity index (χ1) is 17.8. The average Bonchev–Trinajstić information content (AvgIpc) is 2.91. The standard InChI is InChI=1S/C28H35N5O4/c1-19(2)14-23(34)15-20(3)27(35)33-11-8-22(17-25(33)29-4)32-12-13-37-24-16-21(18-30-26(24)32)28(36)31-9-6-5-7-10-31/h8,11,14,16-18,20H,5-7,9-10,12-13,15H2,1-4H3. The van der Waals surface area contributed by atoms with E-state index in [-0.39, 0.29) is 24.0 Å². The summed E-state index contributed by atoms with van der Waals surface area (Å²) in [4.78, 5) is 51.0. The Bertz CT molecular complexity index is 1290. The summed E-state index contributed by atoms with van der Waals surface area (Å²) in [6.07, 6.45) is 8.22. The molecule has 1 atom stereocenters. The summed E-state index contributed by atoms with van der Waals surface area (Å²) in [6.45, 7) is 8.02. The minimum atomic E-state index is -0.485.